The maximum Gasteiger partial charge on any atom is 0.143 e. The lowest BCUT2D eigenvalue weighted by Gasteiger charge is -2.29. The van der Waals surface area contributed by atoms with E-state index in [1.165, 1.54) is 21.9 Å². The lowest BCUT2D eigenvalue weighted by atomic mass is 10.0. The normalized spacial score (nSPS) is 16.9. The molecule has 0 spiro atoms. The molecule has 1 unspecified atom stereocenters. The van der Waals surface area contributed by atoms with E-state index in [4.69, 9.17) is 4.74 Å². The molecule has 0 aliphatic carbocycles. The van der Waals surface area contributed by atoms with Crippen molar-refractivity contribution in [2.75, 3.05) is 11.9 Å². The monoisotopic (exact) mass is 275 g/mol. The molecule has 0 saturated heterocycles. The first-order valence-corrected chi connectivity index (χ1v) is 7.30. The summed E-state index contributed by atoms with van der Waals surface area (Å²) in [7, 11) is 0. The molecule has 0 aromatic heterocycles. The van der Waals surface area contributed by atoms with Gasteiger partial charge in [0.05, 0.1) is 12.2 Å². The highest BCUT2D eigenvalue weighted by Crippen LogP contribution is 2.36. The Hall–Kier alpha value is -2.48. The molecule has 104 valence electrons. The molecule has 3 aromatic carbocycles. The van der Waals surface area contributed by atoms with Crippen LogP contribution in [0.2, 0.25) is 0 Å². The van der Waals surface area contributed by atoms with Crippen molar-refractivity contribution >= 4 is 16.5 Å². The largest absolute Gasteiger partial charge is 0.482 e. The first kappa shape index (κ1) is 12.3. The van der Waals surface area contributed by atoms with Crippen LogP contribution in [-0.2, 0) is 0 Å². The molecule has 0 fully saturated rings. The average Bonchev–Trinajstić information content (AvgIpc) is 2.54. The Bertz CT molecular complexity index is 810. The first-order chi connectivity index (χ1) is 10.3. The van der Waals surface area contributed by atoms with E-state index in [2.05, 4.69) is 60.8 Å². The third kappa shape index (κ3) is 2.13. The Labute approximate surface area is 124 Å². The van der Waals surface area contributed by atoms with Gasteiger partial charge in [0.1, 0.15) is 11.9 Å². The van der Waals surface area contributed by atoms with E-state index >= 15 is 0 Å². The van der Waals surface area contributed by atoms with Gasteiger partial charge < -0.3 is 10.1 Å². The molecule has 1 atom stereocenters. The predicted molar refractivity (Wildman–Crippen MR) is 87.0 cm³/mol. The zero-order valence-electron chi connectivity index (χ0n) is 12.0. The Morgan fingerprint density at radius 2 is 1.81 bits per heavy atom. The molecule has 1 heterocycles. The molecule has 0 bridgehead atoms. The SMILES string of the molecule is Cc1cccc2c1NCC(c1ccc3ccccc3c1)O2. The van der Waals surface area contributed by atoms with Crippen molar-refractivity contribution in [2.45, 2.75) is 13.0 Å². The van der Waals surface area contributed by atoms with Crippen molar-refractivity contribution < 1.29 is 4.74 Å². The third-order valence-electron chi connectivity index (χ3n) is 4.11. The quantitative estimate of drug-likeness (QED) is 0.695. The van der Waals surface area contributed by atoms with E-state index in [-0.39, 0.29) is 6.10 Å². The maximum absolute atomic E-state index is 6.19. The van der Waals surface area contributed by atoms with E-state index in [0.29, 0.717) is 0 Å². The van der Waals surface area contributed by atoms with Crippen LogP contribution in [0.4, 0.5) is 5.69 Å². The molecule has 0 saturated carbocycles. The Kier molecular flexibility index (Phi) is 2.81. The summed E-state index contributed by atoms with van der Waals surface area (Å²) in [5.74, 6) is 0.944. The summed E-state index contributed by atoms with van der Waals surface area (Å²) in [5, 5.41) is 6.03. The highest BCUT2D eigenvalue weighted by molar-refractivity contribution is 5.83. The number of rotatable bonds is 1. The summed E-state index contributed by atoms with van der Waals surface area (Å²) in [5.41, 5.74) is 3.56. The van der Waals surface area contributed by atoms with Crippen LogP contribution in [0.1, 0.15) is 17.2 Å². The highest BCUT2D eigenvalue weighted by atomic mass is 16.5. The summed E-state index contributed by atoms with van der Waals surface area (Å²) in [6.45, 7) is 2.90. The molecule has 21 heavy (non-hydrogen) atoms. The van der Waals surface area contributed by atoms with Gasteiger partial charge in [0.25, 0.3) is 0 Å². The minimum Gasteiger partial charge on any atom is -0.482 e. The molecule has 1 N–H and O–H groups in total. The number of hydrogen-bond acceptors (Lipinski definition) is 2. The molecule has 2 heteroatoms. The van der Waals surface area contributed by atoms with Gasteiger partial charge in [-0.15, -0.1) is 0 Å². The van der Waals surface area contributed by atoms with Crippen LogP contribution in [0.15, 0.2) is 60.7 Å². The van der Waals surface area contributed by atoms with Gasteiger partial charge in [-0.3, -0.25) is 0 Å². The molecular formula is C19H17NO. The number of anilines is 1. The second-order valence-electron chi connectivity index (χ2n) is 5.54. The second-order valence-corrected chi connectivity index (χ2v) is 5.54. The van der Waals surface area contributed by atoms with E-state index in [0.717, 1.165) is 18.0 Å². The number of ether oxygens (including phenoxy) is 1. The molecule has 2 nitrogen and oxygen atoms in total. The van der Waals surface area contributed by atoms with Gasteiger partial charge in [0, 0.05) is 0 Å². The lowest BCUT2D eigenvalue weighted by Crippen LogP contribution is -2.24. The van der Waals surface area contributed by atoms with Crippen LogP contribution in [0, 0.1) is 6.92 Å². The molecule has 1 aliphatic rings. The predicted octanol–water partition coefficient (Wildman–Crippen LogP) is 4.69. The van der Waals surface area contributed by atoms with Crippen molar-refractivity contribution in [3.8, 4) is 5.75 Å². The molecular weight excluding hydrogens is 258 g/mol. The van der Waals surface area contributed by atoms with Crippen LogP contribution in [0.5, 0.6) is 5.75 Å². The smallest absolute Gasteiger partial charge is 0.143 e. The standard InChI is InChI=1S/C19H17NO/c1-13-5-4-8-17-19(13)20-12-18(21-17)16-10-9-14-6-2-3-7-15(14)11-16/h2-11,18,20H,12H2,1H3. The first-order valence-electron chi connectivity index (χ1n) is 7.30. The Morgan fingerprint density at radius 3 is 2.71 bits per heavy atom. The van der Waals surface area contributed by atoms with Crippen LogP contribution in [-0.4, -0.2) is 6.54 Å². The number of hydrogen-bond donors (Lipinski definition) is 1. The number of aryl methyl sites for hydroxylation is 1. The fourth-order valence-corrected chi connectivity index (χ4v) is 2.95. The number of benzene rings is 3. The maximum atomic E-state index is 6.19. The molecule has 3 aromatic rings. The molecule has 1 aliphatic heterocycles. The van der Waals surface area contributed by atoms with E-state index in [9.17, 15) is 0 Å². The van der Waals surface area contributed by atoms with E-state index in [1.807, 2.05) is 12.1 Å². The van der Waals surface area contributed by atoms with Crippen molar-refractivity contribution in [3.63, 3.8) is 0 Å². The second kappa shape index (κ2) is 4.81. The zero-order chi connectivity index (χ0) is 14.2. The van der Waals surface area contributed by atoms with E-state index in [1.54, 1.807) is 0 Å². The summed E-state index contributed by atoms with van der Waals surface area (Å²) >= 11 is 0. The summed E-state index contributed by atoms with van der Waals surface area (Å²) < 4.78 is 6.19. The Morgan fingerprint density at radius 1 is 0.952 bits per heavy atom. The van der Waals surface area contributed by atoms with Gasteiger partial charge in [0.15, 0.2) is 0 Å². The van der Waals surface area contributed by atoms with Crippen LogP contribution in [0.25, 0.3) is 10.8 Å². The van der Waals surface area contributed by atoms with Gasteiger partial charge in [-0.25, -0.2) is 0 Å². The van der Waals surface area contributed by atoms with Crippen molar-refractivity contribution in [1.29, 1.82) is 0 Å². The lowest BCUT2D eigenvalue weighted by molar-refractivity contribution is 0.210. The zero-order valence-corrected chi connectivity index (χ0v) is 12.0. The molecule has 4 rings (SSSR count). The van der Waals surface area contributed by atoms with Crippen LogP contribution < -0.4 is 10.1 Å². The number of nitrogens with one attached hydrogen (secondary N) is 1. The van der Waals surface area contributed by atoms with E-state index < -0.39 is 0 Å². The summed E-state index contributed by atoms with van der Waals surface area (Å²) in [4.78, 5) is 0. The van der Waals surface area contributed by atoms with Crippen LogP contribution >= 0.6 is 0 Å². The summed E-state index contributed by atoms with van der Waals surface area (Å²) in [6, 6.07) is 21.2. The fourth-order valence-electron chi connectivity index (χ4n) is 2.95. The van der Waals surface area contributed by atoms with Crippen molar-refractivity contribution in [3.05, 3.63) is 71.8 Å². The number of fused-ring (bicyclic) bond motifs is 2. The van der Waals surface area contributed by atoms with Crippen molar-refractivity contribution in [2.24, 2.45) is 0 Å². The van der Waals surface area contributed by atoms with Crippen LogP contribution in [0.3, 0.4) is 0 Å². The highest BCUT2D eigenvalue weighted by Gasteiger charge is 2.21. The Balaban J connectivity index is 1.70. The average molecular weight is 275 g/mol. The fraction of sp³-hybridized carbons (Fsp3) is 0.158. The number of para-hydroxylation sites is 1. The minimum atomic E-state index is 0.0592. The third-order valence-corrected chi connectivity index (χ3v) is 4.11. The molecule has 0 radical (unpaired) electrons. The van der Waals surface area contributed by atoms with Crippen molar-refractivity contribution in [1.82, 2.24) is 0 Å². The van der Waals surface area contributed by atoms with Gasteiger partial charge in [-0.2, -0.15) is 0 Å². The molecule has 0 amide bonds. The summed E-state index contributed by atoms with van der Waals surface area (Å²) in [6.07, 6.45) is 0.0592. The topological polar surface area (TPSA) is 21.3 Å². The minimum absolute atomic E-state index is 0.0592. The van der Waals surface area contributed by atoms with Gasteiger partial charge in [0.2, 0.25) is 0 Å². The van der Waals surface area contributed by atoms with Gasteiger partial charge in [-0.1, -0.05) is 48.5 Å². The van der Waals surface area contributed by atoms with Gasteiger partial charge in [-0.05, 0) is 41.0 Å². The van der Waals surface area contributed by atoms with Gasteiger partial charge >= 0.3 is 0 Å².